The number of nitrogens with one attached hydrogen (secondary N) is 1. The Morgan fingerprint density at radius 2 is 2.24 bits per heavy atom. The second kappa shape index (κ2) is 4.57. The minimum absolute atomic E-state index is 0.0935. The van der Waals surface area contributed by atoms with Crippen molar-refractivity contribution in [3.8, 4) is 5.75 Å². The number of ether oxygens (including phenoxy) is 1. The number of carbonyl (C=O) groups excluding carboxylic acids is 1. The van der Waals surface area contributed by atoms with Gasteiger partial charge in [0.2, 0.25) is 0 Å². The third-order valence-corrected chi connectivity index (χ3v) is 2.84. The van der Waals surface area contributed by atoms with Crippen LogP contribution in [0.25, 0.3) is 0 Å². The van der Waals surface area contributed by atoms with E-state index >= 15 is 0 Å². The zero-order valence-electron chi connectivity index (χ0n) is 10.2. The van der Waals surface area contributed by atoms with Crippen LogP contribution in [0, 0.1) is 0 Å². The minimum atomic E-state index is -0.132. The van der Waals surface area contributed by atoms with Gasteiger partial charge in [0.05, 0.1) is 5.56 Å². The molecule has 0 unspecified atom stereocenters. The number of rotatable bonds is 2. The van der Waals surface area contributed by atoms with E-state index in [1.165, 1.54) is 0 Å². The van der Waals surface area contributed by atoms with Crippen LogP contribution in [-0.2, 0) is 6.42 Å². The van der Waals surface area contributed by atoms with Crippen molar-refractivity contribution in [2.45, 2.75) is 39.3 Å². The highest BCUT2D eigenvalue weighted by molar-refractivity contribution is 6.31. The molecule has 3 nitrogen and oxygen atoms in total. The van der Waals surface area contributed by atoms with Crippen molar-refractivity contribution in [2.24, 2.45) is 0 Å². The van der Waals surface area contributed by atoms with Crippen molar-refractivity contribution in [1.82, 2.24) is 5.32 Å². The van der Waals surface area contributed by atoms with Crippen molar-refractivity contribution < 1.29 is 9.53 Å². The molecular formula is C13H16ClNO2. The molecule has 1 aromatic rings. The molecule has 1 aromatic carbocycles. The lowest BCUT2D eigenvalue weighted by molar-refractivity contribution is 0.0938. The van der Waals surface area contributed by atoms with Crippen LogP contribution in [0.5, 0.6) is 5.75 Å². The van der Waals surface area contributed by atoms with Gasteiger partial charge in [-0.05, 0) is 32.9 Å². The summed E-state index contributed by atoms with van der Waals surface area (Å²) >= 11 is 6.02. The highest BCUT2D eigenvalue weighted by Crippen LogP contribution is 2.35. The van der Waals surface area contributed by atoms with Crippen molar-refractivity contribution in [3.05, 3.63) is 28.3 Å². The van der Waals surface area contributed by atoms with Crippen LogP contribution in [0.1, 0.15) is 36.7 Å². The zero-order valence-corrected chi connectivity index (χ0v) is 11.0. The van der Waals surface area contributed by atoms with Gasteiger partial charge in [0.25, 0.3) is 5.91 Å². The Hall–Kier alpha value is -1.22. The lowest BCUT2D eigenvalue weighted by Crippen LogP contribution is -2.30. The van der Waals surface area contributed by atoms with E-state index < -0.39 is 0 Å². The van der Waals surface area contributed by atoms with Gasteiger partial charge in [-0.25, -0.2) is 0 Å². The number of carbonyl (C=O) groups is 1. The van der Waals surface area contributed by atoms with Gasteiger partial charge in [0.15, 0.2) is 0 Å². The molecule has 0 saturated heterocycles. The Kier molecular flexibility index (Phi) is 3.29. The van der Waals surface area contributed by atoms with Gasteiger partial charge in [-0.15, -0.1) is 0 Å². The smallest absolute Gasteiger partial charge is 0.255 e. The zero-order chi connectivity index (χ0) is 12.6. The van der Waals surface area contributed by atoms with Crippen molar-refractivity contribution in [3.63, 3.8) is 0 Å². The van der Waals surface area contributed by atoms with Gasteiger partial charge in [-0.1, -0.05) is 11.6 Å². The van der Waals surface area contributed by atoms with Crippen molar-refractivity contribution >= 4 is 17.5 Å². The number of hydrogen-bond acceptors (Lipinski definition) is 2. The van der Waals surface area contributed by atoms with Gasteiger partial charge in [0, 0.05) is 23.0 Å². The lowest BCUT2D eigenvalue weighted by Gasteiger charge is -2.12. The number of halogens is 1. The molecule has 1 heterocycles. The van der Waals surface area contributed by atoms with E-state index in [1.54, 1.807) is 6.07 Å². The fourth-order valence-electron chi connectivity index (χ4n) is 2.00. The summed E-state index contributed by atoms with van der Waals surface area (Å²) in [6.07, 6.45) is 0.909. The summed E-state index contributed by atoms with van der Waals surface area (Å²) in [5, 5.41) is 3.43. The van der Waals surface area contributed by atoms with Gasteiger partial charge in [-0.2, -0.15) is 0 Å². The normalized spacial score (nSPS) is 17.8. The number of fused-ring (bicyclic) bond motifs is 1. The van der Waals surface area contributed by atoms with E-state index in [1.807, 2.05) is 26.8 Å². The molecule has 0 bridgehead atoms. The average Bonchev–Trinajstić information content (AvgIpc) is 2.55. The molecule has 1 N–H and O–H groups in total. The molecule has 1 atom stereocenters. The SMILES string of the molecule is CC(C)NC(=O)c1cc(Cl)cc2c1O[C@H](C)C2. The fourth-order valence-corrected chi connectivity index (χ4v) is 2.24. The fraction of sp³-hybridized carbons (Fsp3) is 0.462. The van der Waals surface area contributed by atoms with Crippen LogP contribution in [0.3, 0.4) is 0 Å². The molecular weight excluding hydrogens is 238 g/mol. The van der Waals surface area contributed by atoms with E-state index in [0.717, 1.165) is 12.0 Å². The molecule has 0 aromatic heterocycles. The van der Waals surface area contributed by atoms with Gasteiger partial charge in [0.1, 0.15) is 11.9 Å². The van der Waals surface area contributed by atoms with Crippen LogP contribution in [0.2, 0.25) is 5.02 Å². The molecule has 1 aliphatic heterocycles. The van der Waals surface area contributed by atoms with E-state index in [4.69, 9.17) is 16.3 Å². The first-order valence-electron chi connectivity index (χ1n) is 5.77. The van der Waals surface area contributed by atoms with Gasteiger partial charge < -0.3 is 10.1 Å². The molecule has 17 heavy (non-hydrogen) atoms. The third kappa shape index (κ3) is 2.55. The average molecular weight is 254 g/mol. The number of amides is 1. The Bertz CT molecular complexity index is 457. The molecule has 92 valence electrons. The molecule has 1 aliphatic rings. The molecule has 1 amide bonds. The van der Waals surface area contributed by atoms with E-state index in [2.05, 4.69) is 5.32 Å². The second-order valence-electron chi connectivity index (χ2n) is 4.70. The molecule has 0 spiro atoms. The van der Waals surface area contributed by atoms with E-state index in [0.29, 0.717) is 16.3 Å². The lowest BCUT2D eigenvalue weighted by atomic mass is 10.1. The largest absolute Gasteiger partial charge is 0.489 e. The first-order chi connectivity index (χ1) is 7.97. The number of hydrogen-bond donors (Lipinski definition) is 1. The van der Waals surface area contributed by atoms with Crippen LogP contribution in [0.4, 0.5) is 0 Å². The second-order valence-corrected chi connectivity index (χ2v) is 5.14. The van der Waals surface area contributed by atoms with Crippen LogP contribution >= 0.6 is 11.6 Å². The highest BCUT2D eigenvalue weighted by atomic mass is 35.5. The van der Waals surface area contributed by atoms with Crippen LogP contribution < -0.4 is 10.1 Å². The predicted molar refractivity (Wildman–Crippen MR) is 67.8 cm³/mol. The number of benzene rings is 1. The molecule has 0 aliphatic carbocycles. The predicted octanol–water partition coefficient (Wildman–Crippen LogP) is 2.80. The van der Waals surface area contributed by atoms with E-state index in [-0.39, 0.29) is 18.1 Å². The standard InChI is InChI=1S/C13H16ClNO2/c1-7(2)15-13(16)11-6-10(14)5-9-4-8(3)17-12(9)11/h5-8H,4H2,1-3H3,(H,15,16)/t8-/m1/s1. The van der Waals surface area contributed by atoms with Gasteiger partial charge >= 0.3 is 0 Å². The summed E-state index contributed by atoms with van der Waals surface area (Å²) in [7, 11) is 0. The van der Waals surface area contributed by atoms with Crippen LogP contribution in [-0.4, -0.2) is 18.1 Å². The quantitative estimate of drug-likeness (QED) is 0.880. The molecule has 0 saturated carbocycles. The summed E-state index contributed by atoms with van der Waals surface area (Å²) in [4.78, 5) is 12.0. The minimum Gasteiger partial charge on any atom is -0.489 e. The van der Waals surface area contributed by atoms with E-state index in [9.17, 15) is 4.79 Å². The molecule has 2 rings (SSSR count). The van der Waals surface area contributed by atoms with Crippen LogP contribution in [0.15, 0.2) is 12.1 Å². The maximum absolute atomic E-state index is 12.0. The van der Waals surface area contributed by atoms with Crippen molar-refractivity contribution in [1.29, 1.82) is 0 Å². The Balaban J connectivity index is 2.38. The topological polar surface area (TPSA) is 38.3 Å². The Morgan fingerprint density at radius 3 is 2.88 bits per heavy atom. The maximum atomic E-state index is 12.0. The summed E-state index contributed by atoms with van der Waals surface area (Å²) in [5.74, 6) is 0.549. The third-order valence-electron chi connectivity index (χ3n) is 2.62. The Morgan fingerprint density at radius 1 is 1.53 bits per heavy atom. The summed E-state index contributed by atoms with van der Waals surface area (Å²) in [6, 6.07) is 3.62. The summed E-state index contributed by atoms with van der Waals surface area (Å²) in [6.45, 7) is 5.83. The van der Waals surface area contributed by atoms with Gasteiger partial charge in [-0.3, -0.25) is 4.79 Å². The Labute approximate surface area is 106 Å². The maximum Gasteiger partial charge on any atom is 0.255 e. The summed E-state index contributed by atoms with van der Waals surface area (Å²) < 4.78 is 5.68. The summed E-state index contributed by atoms with van der Waals surface area (Å²) in [5.41, 5.74) is 1.55. The molecule has 4 heteroatoms. The molecule has 0 fully saturated rings. The first kappa shape index (κ1) is 12.2. The highest BCUT2D eigenvalue weighted by Gasteiger charge is 2.26. The van der Waals surface area contributed by atoms with Crippen molar-refractivity contribution in [2.75, 3.05) is 0 Å². The molecule has 0 radical (unpaired) electrons. The monoisotopic (exact) mass is 253 g/mol. The first-order valence-corrected chi connectivity index (χ1v) is 6.15.